The third kappa shape index (κ3) is 6.24. The molecule has 2 aliphatic rings. The molecule has 0 spiro atoms. The van der Waals surface area contributed by atoms with Crippen LogP contribution >= 0.6 is 0 Å². The van der Waals surface area contributed by atoms with E-state index < -0.39 is 0 Å². The Kier molecular flexibility index (Phi) is 8.00. The van der Waals surface area contributed by atoms with Gasteiger partial charge in [-0.3, -0.25) is 0 Å². The number of allylic oxidation sites excluding steroid dienone is 1. The van der Waals surface area contributed by atoms with Crippen LogP contribution in [0.3, 0.4) is 0 Å². The standard InChI is InChI=1S/C26H37N/c1-2-5-21-8-10-22(11-9-21)6-3-4-7-23-12-16-25(17-13-23)26-18-14-24(20-27)15-19-26/h2,14-15,18-19,21-23,25H,1,3-13,16-17H2/t21-,22-,23?,25?. The third-order valence-corrected chi connectivity index (χ3v) is 7.30. The lowest BCUT2D eigenvalue weighted by molar-refractivity contribution is 0.253. The van der Waals surface area contributed by atoms with Gasteiger partial charge in [-0.15, -0.1) is 6.58 Å². The van der Waals surface area contributed by atoms with Gasteiger partial charge in [-0.05, 0) is 86.3 Å². The van der Waals surface area contributed by atoms with Crippen molar-refractivity contribution >= 4 is 0 Å². The molecular weight excluding hydrogens is 326 g/mol. The number of nitriles is 1. The minimum absolute atomic E-state index is 0.722. The van der Waals surface area contributed by atoms with Gasteiger partial charge in [0.25, 0.3) is 0 Å². The maximum atomic E-state index is 8.94. The van der Waals surface area contributed by atoms with Crippen LogP contribution in [0.15, 0.2) is 36.9 Å². The molecule has 0 bridgehead atoms. The predicted molar refractivity (Wildman–Crippen MR) is 115 cm³/mol. The molecule has 0 atom stereocenters. The van der Waals surface area contributed by atoms with E-state index >= 15 is 0 Å². The Morgan fingerprint density at radius 1 is 0.815 bits per heavy atom. The van der Waals surface area contributed by atoms with E-state index in [1.807, 2.05) is 12.1 Å². The van der Waals surface area contributed by atoms with E-state index in [2.05, 4.69) is 30.9 Å². The van der Waals surface area contributed by atoms with Crippen LogP contribution in [0, 0.1) is 29.1 Å². The molecule has 0 saturated heterocycles. The predicted octanol–water partition coefficient (Wildman–Crippen LogP) is 7.77. The van der Waals surface area contributed by atoms with Crippen LogP contribution in [0.5, 0.6) is 0 Å². The van der Waals surface area contributed by atoms with Crippen molar-refractivity contribution in [2.75, 3.05) is 0 Å². The van der Waals surface area contributed by atoms with E-state index in [4.69, 9.17) is 5.26 Å². The lowest BCUT2D eigenvalue weighted by Gasteiger charge is -2.30. The quantitative estimate of drug-likeness (QED) is 0.342. The summed E-state index contributed by atoms with van der Waals surface area (Å²) in [6, 6.07) is 10.5. The third-order valence-electron chi connectivity index (χ3n) is 7.30. The van der Waals surface area contributed by atoms with Gasteiger partial charge in [0.1, 0.15) is 0 Å². The normalized spacial score (nSPS) is 28.4. The first-order chi connectivity index (χ1) is 13.3. The molecule has 0 radical (unpaired) electrons. The minimum atomic E-state index is 0.722. The van der Waals surface area contributed by atoms with Crippen molar-refractivity contribution in [3.63, 3.8) is 0 Å². The van der Waals surface area contributed by atoms with E-state index in [-0.39, 0.29) is 0 Å². The summed E-state index contributed by atoms with van der Waals surface area (Å²) in [7, 11) is 0. The molecule has 1 aromatic rings. The highest BCUT2D eigenvalue weighted by Gasteiger charge is 2.23. The van der Waals surface area contributed by atoms with Gasteiger partial charge in [0, 0.05) is 0 Å². The van der Waals surface area contributed by atoms with Gasteiger partial charge in [0.05, 0.1) is 11.6 Å². The first-order valence-electron chi connectivity index (χ1n) is 11.4. The van der Waals surface area contributed by atoms with Crippen molar-refractivity contribution in [2.45, 2.75) is 89.4 Å². The van der Waals surface area contributed by atoms with Crippen molar-refractivity contribution < 1.29 is 0 Å². The van der Waals surface area contributed by atoms with E-state index in [1.165, 1.54) is 89.0 Å². The van der Waals surface area contributed by atoms with Gasteiger partial charge >= 0.3 is 0 Å². The molecule has 0 amide bonds. The fourth-order valence-corrected chi connectivity index (χ4v) is 5.47. The topological polar surface area (TPSA) is 23.8 Å². The summed E-state index contributed by atoms with van der Waals surface area (Å²) >= 11 is 0. The lowest BCUT2D eigenvalue weighted by Crippen LogP contribution is -2.15. The van der Waals surface area contributed by atoms with Crippen LogP contribution in [0.25, 0.3) is 0 Å². The van der Waals surface area contributed by atoms with Gasteiger partial charge in [0.2, 0.25) is 0 Å². The molecule has 2 fully saturated rings. The molecule has 0 N–H and O–H groups in total. The van der Waals surface area contributed by atoms with Crippen LogP contribution in [0.1, 0.15) is 101 Å². The van der Waals surface area contributed by atoms with Crippen LogP contribution in [-0.2, 0) is 0 Å². The lowest BCUT2D eigenvalue weighted by atomic mass is 9.76. The van der Waals surface area contributed by atoms with Crippen molar-refractivity contribution in [1.82, 2.24) is 0 Å². The Bertz CT molecular complexity index is 592. The summed E-state index contributed by atoms with van der Waals surface area (Å²) < 4.78 is 0. The summed E-state index contributed by atoms with van der Waals surface area (Å²) in [5.41, 5.74) is 2.22. The molecule has 1 heteroatoms. The SMILES string of the molecule is C=CC[C@H]1CC[C@H](CCCCC2CCC(c3ccc(C#N)cc3)CC2)CC1. The van der Waals surface area contributed by atoms with Crippen molar-refractivity contribution in [2.24, 2.45) is 17.8 Å². The fraction of sp³-hybridized carbons (Fsp3) is 0.654. The summed E-state index contributed by atoms with van der Waals surface area (Å²) in [5, 5.41) is 8.94. The molecule has 0 aromatic heterocycles. The zero-order valence-electron chi connectivity index (χ0n) is 17.0. The zero-order valence-corrected chi connectivity index (χ0v) is 17.0. The molecular formula is C26H37N. The minimum Gasteiger partial charge on any atom is -0.192 e. The number of hydrogen-bond donors (Lipinski definition) is 0. The van der Waals surface area contributed by atoms with E-state index in [0.29, 0.717) is 0 Å². The highest BCUT2D eigenvalue weighted by molar-refractivity contribution is 5.33. The second-order valence-corrected chi connectivity index (χ2v) is 9.15. The molecule has 2 aliphatic carbocycles. The molecule has 3 rings (SSSR count). The Balaban J connectivity index is 1.28. The Morgan fingerprint density at radius 2 is 1.33 bits per heavy atom. The number of rotatable bonds is 8. The zero-order chi connectivity index (χ0) is 18.9. The van der Waals surface area contributed by atoms with Crippen LogP contribution in [-0.4, -0.2) is 0 Å². The number of unbranched alkanes of at least 4 members (excludes halogenated alkanes) is 1. The van der Waals surface area contributed by atoms with Crippen molar-refractivity contribution in [3.05, 3.63) is 48.0 Å². The van der Waals surface area contributed by atoms with Crippen molar-refractivity contribution in [1.29, 1.82) is 5.26 Å². The number of benzene rings is 1. The van der Waals surface area contributed by atoms with Gasteiger partial charge in [0.15, 0.2) is 0 Å². The monoisotopic (exact) mass is 363 g/mol. The van der Waals surface area contributed by atoms with Gasteiger partial charge in [-0.25, -0.2) is 0 Å². The van der Waals surface area contributed by atoms with Gasteiger partial charge < -0.3 is 0 Å². The second-order valence-electron chi connectivity index (χ2n) is 9.15. The molecule has 1 aromatic carbocycles. The summed E-state index contributed by atoms with van der Waals surface area (Å²) in [4.78, 5) is 0. The van der Waals surface area contributed by atoms with Crippen LogP contribution in [0.2, 0.25) is 0 Å². The number of hydrogen-bond acceptors (Lipinski definition) is 1. The average Bonchev–Trinajstić information content (AvgIpc) is 2.73. The maximum Gasteiger partial charge on any atom is 0.0991 e. The van der Waals surface area contributed by atoms with Crippen LogP contribution < -0.4 is 0 Å². The van der Waals surface area contributed by atoms with Crippen LogP contribution in [0.4, 0.5) is 0 Å². The first-order valence-corrected chi connectivity index (χ1v) is 11.4. The summed E-state index contributed by atoms with van der Waals surface area (Å²) in [5.74, 6) is 3.63. The average molecular weight is 364 g/mol. The van der Waals surface area contributed by atoms with E-state index in [0.717, 1.165) is 29.2 Å². The van der Waals surface area contributed by atoms with E-state index in [9.17, 15) is 0 Å². The van der Waals surface area contributed by atoms with Crippen molar-refractivity contribution in [3.8, 4) is 6.07 Å². The molecule has 0 unspecified atom stereocenters. The Labute approximate surface area is 166 Å². The summed E-state index contributed by atoms with van der Waals surface area (Å²) in [6.45, 7) is 3.90. The summed E-state index contributed by atoms with van der Waals surface area (Å²) in [6.07, 6.45) is 20.5. The Hall–Kier alpha value is -1.55. The molecule has 0 aliphatic heterocycles. The highest BCUT2D eigenvalue weighted by Crippen LogP contribution is 2.38. The molecule has 2 saturated carbocycles. The number of nitrogens with zero attached hydrogens (tertiary/aromatic N) is 1. The molecule has 0 heterocycles. The van der Waals surface area contributed by atoms with E-state index in [1.54, 1.807) is 0 Å². The van der Waals surface area contributed by atoms with Gasteiger partial charge in [-0.1, -0.05) is 56.7 Å². The maximum absolute atomic E-state index is 8.94. The first kappa shape index (κ1) is 20.2. The molecule has 1 nitrogen and oxygen atoms in total. The molecule has 146 valence electrons. The van der Waals surface area contributed by atoms with Gasteiger partial charge in [-0.2, -0.15) is 5.26 Å². The largest absolute Gasteiger partial charge is 0.192 e. The smallest absolute Gasteiger partial charge is 0.0991 e. The molecule has 27 heavy (non-hydrogen) atoms. The second kappa shape index (κ2) is 10.7. The fourth-order valence-electron chi connectivity index (χ4n) is 5.47. The highest BCUT2D eigenvalue weighted by atomic mass is 14.3. The Morgan fingerprint density at radius 3 is 1.85 bits per heavy atom.